The highest BCUT2D eigenvalue weighted by Crippen LogP contribution is 2.28. The molecule has 0 aliphatic rings. The van der Waals surface area contributed by atoms with E-state index in [1.807, 2.05) is 0 Å². The third-order valence-corrected chi connectivity index (χ3v) is 2.84. The topological polar surface area (TPSA) is 50.2 Å². The number of alkyl halides is 2. The van der Waals surface area contributed by atoms with Gasteiger partial charge < -0.3 is 5.11 Å². The number of carboxylic acid groups (broad SMARTS) is 1. The van der Waals surface area contributed by atoms with Crippen LogP contribution >= 0.6 is 45.2 Å². The maximum absolute atomic E-state index is 12.5. The summed E-state index contributed by atoms with van der Waals surface area (Å²) in [6.07, 6.45) is -2.82. The third-order valence-electron chi connectivity index (χ3n) is 1.40. The summed E-state index contributed by atoms with van der Waals surface area (Å²) in [5, 5.41) is 8.66. The molecule has 14 heavy (non-hydrogen) atoms. The van der Waals surface area contributed by atoms with Crippen LogP contribution in [0.15, 0.2) is 6.07 Å². The van der Waals surface area contributed by atoms with Crippen molar-refractivity contribution in [2.24, 2.45) is 0 Å². The molecule has 1 rings (SSSR count). The van der Waals surface area contributed by atoms with Crippen molar-refractivity contribution in [3.63, 3.8) is 0 Å². The highest BCUT2D eigenvalue weighted by molar-refractivity contribution is 14.1. The minimum atomic E-state index is -2.82. The number of pyridine rings is 1. The molecule has 0 radical (unpaired) electrons. The molecule has 1 N–H and O–H groups in total. The van der Waals surface area contributed by atoms with Gasteiger partial charge in [0.05, 0.1) is 5.56 Å². The van der Waals surface area contributed by atoms with E-state index in [0.29, 0.717) is 3.70 Å². The number of hydrogen-bond donors (Lipinski definition) is 1. The van der Waals surface area contributed by atoms with Crippen LogP contribution in [0.2, 0.25) is 0 Å². The minimum Gasteiger partial charge on any atom is -0.476 e. The zero-order valence-electron chi connectivity index (χ0n) is 6.47. The van der Waals surface area contributed by atoms with Gasteiger partial charge in [0.15, 0.2) is 5.69 Å². The molecular weight excluding hydrogens is 422 g/mol. The summed E-state index contributed by atoms with van der Waals surface area (Å²) in [6, 6.07) is 1.41. The van der Waals surface area contributed by atoms with E-state index in [4.69, 9.17) is 5.11 Å². The van der Waals surface area contributed by atoms with Crippen molar-refractivity contribution in [3.8, 4) is 0 Å². The molecule has 1 aromatic heterocycles. The second-order valence-electron chi connectivity index (χ2n) is 2.29. The van der Waals surface area contributed by atoms with E-state index in [2.05, 4.69) is 4.98 Å². The van der Waals surface area contributed by atoms with Gasteiger partial charge in [0.25, 0.3) is 6.43 Å². The molecule has 0 fully saturated rings. The van der Waals surface area contributed by atoms with E-state index in [1.165, 1.54) is 6.07 Å². The van der Waals surface area contributed by atoms with Crippen LogP contribution in [0.4, 0.5) is 8.78 Å². The second kappa shape index (κ2) is 4.64. The molecule has 0 amide bonds. The number of aromatic nitrogens is 1. The number of carbonyl (C=O) groups is 1. The Labute approximate surface area is 105 Å². The van der Waals surface area contributed by atoms with Gasteiger partial charge in [-0.3, -0.25) is 0 Å². The predicted molar refractivity (Wildman–Crippen MR) is 61.6 cm³/mol. The number of carboxylic acids is 1. The number of rotatable bonds is 2. The quantitative estimate of drug-likeness (QED) is 0.586. The molecule has 3 nitrogen and oxygen atoms in total. The highest BCUT2D eigenvalue weighted by atomic mass is 127. The van der Waals surface area contributed by atoms with Crippen molar-refractivity contribution in [3.05, 3.63) is 24.6 Å². The van der Waals surface area contributed by atoms with Gasteiger partial charge in [-0.2, -0.15) is 0 Å². The summed E-state index contributed by atoms with van der Waals surface area (Å²) in [4.78, 5) is 14.2. The number of hydrogen-bond acceptors (Lipinski definition) is 2. The van der Waals surface area contributed by atoms with Gasteiger partial charge in [-0.15, -0.1) is 0 Å². The summed E-state index contributed by atoms with van der Waals surface area (Å²) in [6.45, 7) is 0. The van der Waals surface area contributed by atoms with E-state index in [0.717, 1.165) is 0 Å². The Morgan fingerprint density at radius 1 is 1.50 bits per heavy atom. The molecule has 0 saturated carbocycles. The molecule has 0 unspecified atom stereocenters. The third kappa shape index (κ3) is 2.49. The molecule has 0 aliphatic carbocycles. The highest BCUT2D eigenvalue weighted by Gasteiger charge is 2.23. The SMILES string of the molecule is O=C(O)c1nc(I)cc(I)c1C(F)F. The minimum absolute atomic E-state index is 0.217. The van der Waals surface area contributed by atoms with Crippen LogP contribution in [0, 0.1) is 7.27 Å². The summed E-state index contributed by atoms with van der Waals surface area (Å²) in [7, 11) is 0. The van der Waals surface area contributed by atoms with Gasteiger partial charge in [0, 0.05) is 3.57 Å². The van der Waals surface area contributed by atoms with Crippen LogP contribution in [0.1, 0.15) is 22.5 Å². The first-order chi connectivity index (χ1) is 6.43. The van der Waals surface area contributed by atoms with E-state index in [-0.39, 0.29) is 3.57 Å². The molecule has 0 spiro atoms. The lowest BCUT2D eigenvalue weighted by Gasteiger charge is -2.07. The summed E-state index contributed by atoms with van der Waals surface area (Å²) < 4.78 is 25.5. The normalized spacial score (nSPS) is 10.6. The van der Waals surface area contributed by atoms with E-state index < -0.39 is 23.7 Å². The van der Waals surface area contributed by atoms with Crippen LogP contribution < -0.4 is 0 Å². The molecule has 76 valence electrons. The standard InChI is InChI=1S/C7H3F2I2NO2/c8-6(9)4-2(10)1-3(11)12-5(4)7(13)14/h1,6H,(H,13,14). The first kappa shape index (κ1) is 12.0. The zero-order chi connectivity index (χ0) is 10.9. The smallest absolute Gasteiger partial charge is 0.355 e. The number of halogens is 4. The van der Waals surface area contributed by atoms with E-state index in [1.54, 1.807) is 45.2 Å². The summed E-state index contributed by atoms with van der Waals surface area (Å²) in [5.74, 6) is -1.43. The Hall–Kier alpha value is -0.0600. The fraction of sp³-hybridized carbons (Fsp3) is 0.143. The fourth-order valence-corrected chi connectivity index (χ4v) is 2.80. The molecule has 1 heterocycles. The van der Waals surface area contributed by atoms with Crippen molar-refractivity contribution >= 4 is 51.2 Å². The second-order valence-corrected chi connectivity index (χ2v) is 4.56. The van der Waals surface area contributed by atoms with Crippen LogP contribution in [0.3, 0.4) is 0 Å². The number of nitrogens with zero attached hydrogens (tertiary/aromatic N) is 1. The maximum atomic E-state index is 12.5. The Balaban J connectivity index is 3.44. The van der Waals surface area contributed by atoms with E-state index in [9.17, 15) is 13.6 Å². The van der Waals surface area contributed by atoms with Gasteiger partial charge in [0.2, 0.25) is 0 Å². The van der Waals surface area contributed by atoms with Crippen LogP contribution in [0.5, 0.6) is 0 Å². The van der Waals surface area contributed by atoms with Crippen molar-refractivity contribution < 1.29 is 18.7 Å². The van der Waals surface area contributed by atoms with Gasteiger partial charge in [-0.05, 0) is 51.2 Å². The average Bonchev–Trinajstić information content (AvgIpc) is 2.01. The average molecular weight is 425 g/mol. The monoisotopic (exact) mass is 425 g/mol. The first-order valence-electron chi connectivity index (χ1n) is 3.31. The lowest BCUT2D eigenvalue weighted by atomic mass is 10.2. The molecule has 0 aliphatic heterocycles. The molecular formula is C7H3F2I2NO2. The van der Waals surface area contributed by atoms with Gasteiger partial charge in [0.1, 0.15) is 3.70 Å². The van der Waals surface area contributed by atoms with Crippen LogP contribution in [0.25, 0.3) is 0 Å². The molecule has 7 heteroatoms. The molecule has 0 aromatic carbocycles. The Kier molecular flexibility index (Phi) is 3.98. The van der Waals surface area contributed by atoms with E-state index >= 15 is 0 Å². The summed E-state index contributed by atoms with van der Waals surface area (Å²) >= 11 is 3.45. The molecule has 0 saturated heterocycles. The van der Waals surface area contributed by atoms with Crippen molar-refractivity contribution in [2.75, 3.05) is 0 Å². The van der Waals surface area contributed by atoms with Crippen molar-refractivity contribution in [1.82, 2.24) is 4.98 Å². The first-order valence-corrected chi connectivity index (χ1v) is 5.46. The zero-order valence-corrected chi connectivity index (χ0v) is 10.8. The number of aromatic carboxylic acids is 1. The lowest BCUT2D eigenvalue weighted by Crippen LogP contribution is -2.09. The molecule has 1 aromatic rings. The van der Waals surface area contributed by atoms with Gasteiger partial charge in [-0.1, -0.05) is 0 Å². The fourth-order valence-electron chi connectivity index (χ4n) is 0.865. The van der Waals surface area contributed by atoms with Crippen LogP contribution in [-0.4, -0.2) is 16.1 Å². The lowest BCUT2D eigenvalue weighted by molar-refractivity contribution is 0.0676. The Morgan fingerprint density at radius 2 is 2.07 bits per heavy atom. The predicted octanol–water partition coefficient (Wildman–Crippen LogP) is 2.93. The molecule has 0 atom stereocenters. The summed E-state index contributed by atoms with van der Waals surface area (Å²) in [5.41, 5.74) is -1.09. The van der Waals surface area contributed by atoms with Crippen molar-refractivity contribution in [2.45, 2.75) is 6.43 Å². The molecule has 0 bridgehead atoms. The Bertz CT molecular complexity index is 384. The maximum Gasteiger partial charge on any atom is 0.355 e. The van der Waals surface area contributed by atoms with Crippen molar-refractivity contribution in [1.29, 1.82) is 0 Å². The van der Waals surface area contributed by atoms with Crippen LogP contribution in [-0.2, 0) is 0 Å². The Morgan fingerprint density at radius 3 is 2.50 bits per heavy atom. The van der Waals surface area contributed by atoms with Gasteiger partial charge in [-0.25, -0.2) is 18.6 Å². The van der Waals surface area contributed by atoms with Gasteiger partial charge >= 0.3 is 5.97 Å². The largest absolute Gasteiger partial charge is 0.476 e.